The third-order valence-electron chi connectivity index (χ3n) is 3.80. The van der Waals surface area contributed by atoms with Crippen molar-refractivity contribution in [2.75, 3.05) is 26.2 Å². The molecule has 0 aliphatic rings. The molecule has 1 aromatic heterocycles. The van der Waals surface area contributed by atoms with Gasteiger partial charge < -0.3 is 24.9 Å². The summed E-state index contributed by atoms with van der Waals surface area (Å²) in [5.74, 6) is 1.99. The van der Waals surface area contributed by atoms with Crippen molar-refractivity contribution in [1.82, 2.24) is 10.6 Å². The van der Waals surface area contributed by atoms with E-state index in [-0.39, 0.29) is 6.54 Å². The zero-order chi connectivity index (χ0) is 19.0. The van der Waals surface area contributed by atoms with Crippen LogP contribution in [0, 0.1) is 13.8 Å². The molecule has 0 aliphatic heterocycles. The highest BCUT2D eigenvalue weighted by molar-refractivity contribution is 5.79. The lowest BCUT2D eigenvalue weighted by Crippen LogP contribution is -2.40. The van der Waals surface area contributed by atoms with Gasteiger partial charge in [-0.1, -0.05) is 6.07 Å². The van der Waals surface area contributed by atoms with E-state index in [2.05, 4.69) is 35.5 Å². The van der Waals surface area contributed by atoms with Crippen LogP contribution in [0.5, 0.6) is 5.75 Å². The Balaban J connectivity index is 1.85. The summed E-state index contributed by atoms with van der Waals surface area (Å²) < 4.78 is 11.1. The zero-order valence-electron chi connectivity index (χ0n) is 16.0. The van der Waals surface area contributed by atoms with Gasteiger partial charge >= 0.3 is 0 Å². The Hall–Kier alpha value is -2.47. The van der Waals surface area contributed by atoms with E-state index < -0.39 is 5.60 Å². The number of furan rings is 1. The molecule has 1 atom stereocenters. The van der Waals surface area contributed by atoms with E-state index in [4.69, 9.17) is 9.15 Å². The fourth-order valence-electron chi connectivity index (χ4n) is 2.59. The normalized spacial score (nSPS) is 14.0. The number of aliphatic imine (C=N–C) groups is 1. The minimum absolute atomic E-state index is 0.188. The van der Waals surface area contributed by atoms with Gasteiger partial charge in [0.15, 0.2) is 5.96 Å². The van der Waals surface area contributed by atoms with E-state index in [0.717, 1.165) is 12.3 Å². The van der Waals surface area contributed by atoms with Crippen molar-refractivity contribution in [2.24, 2.45) is 4.99 Å². The molecule has 0 radical (unpaired) electrons. The number of rotatable bonds is 8. The fraction of sp³-hybridized carbons (Fsp3) is 0.450. The van der Waals surface area contributed by atoms with Gasteiger partial charge in [0.05, 0.1) is 19.4 Å². The molecule has 2 rings (SSSR count). The first-order valence-corrected chi connectivity index (χ1v) is 8.90. The smallest absolute Gasteiger partial charge is 0.191 e. The standard InChI is InChI=1S/C20H29N3O3/c1-5-21-19(23-14-20(4,24)18-7-6-9-26-18)22-8-10-25-17-12-15(2)11-16(3)13-17/h6-7,9,11-13,24H,5,8,10,14H2,1-4H3,(H2,21,22,23). The lowest BCUT2D eigenvalue weighted by molar-refractivity contribution is 0.0437. The number of nitrogens with zero attached hydrogens (tertiary/aromatic N) is 1. The Labute approximate surface area is 155 Å². The number of ether oxygens (including phenoxy) is 1. The molecule has 1 heterocycles. The molecule has 0 saturated carbocycles. The molecule has 0 fully saturated rings. The molecule has 2 aromatic rings. The van der Waals surface area contributed by atoms with Crippen molar-refractivity contribution < 1.29 is 14.3 Å². The number of guanidine groups is 1. The van der Waals surface area contributed by atoms with Crippen LogP contribution in [0.1, 0.15) is 30.7 Å². The number of aliphatic hydroxyl groups is 1. The van der Waals surface area contributed by atoms with Crippen molar-refractivity contribution >= 4 is 5.96 Å². The van der Waals surface area contributed by atoms with E-state index in [1.807, 2.05) is 19.1 Å². The van der Waals surface area contributed by atoms with Gasteiger partial charge in [0.25, 0.3) is 0 Å². The lowest BCUT2D eigenvalue weighted by atomic mass is 10.0. The van der Waals surface area contributed by atoms with Gasteiger partial charge in [-0.2, -0.15) is 0 Å². The number of aryl methyl sites for hydroxylation is 2. The second-order valence-corrected chi connectivity index (χ2v) is 6.54. The van der Waals surface area contributed by atoms with Gasteiger partial charge in [0, 0.05) is 6.54 Å². The summed E-state index contributed by atoms with van der Waals surface area (Å²) in [7, 11) is 0. The molecule has 6 heteroatoms. The van der Waals surface area contributed by atoms with Crippen molar-refractivity contribution in [1.29, 1.82) is 0 Å². The SMILES string of the molecule is CCNC(=NCC(C)(O)c1ccco1)NCCOc1cc(C)cc(C)c1. The molecule has 0 aliphatic carbocycles. The maximum Gasteiger partial charge on any atom is 0.191 e. The highest BCUT2D eigenvalue weighted by Crippen LogP contribution is 2.21. The van der Waals surface area contributed by atoms with Gasteiger partial charge in [-0.25, -0.2) is 4.99 Å². The number of nitrogens with one attached hydrogen (secondary N) is 2. The van der Waals surface area contributed by atoms with Crippen LogP contribution < -0.4 is 15.4 Å². The minimum Gasteiger partial charge on any atom is -0.492 e. The fourth-order valence-corrected chi connectivity index (χ4v) is 2.59. The molecule has 1 aromatic carbocycles. The van der Waals surface area contributed by atoms with Gasteiger partial charge in [-0.05, 0) is 63.1 Å². The Morgan fingerprint density at radius 1 is 1.23 bits per heavy atom. The first-order valence-electron chi connectivity index (χ1n) is 8.90. The molecule has 0 bridgehead atoms. The van der Waals surface area contributed by atoms with Crippen LogP contribution in [0.15, 0.2) is 46.0 Å². The summed E-state index contributed by atoms with van der Waals surface area (Å²) in [5, 5.41) is 16.9. The minimum atomic E-state index is -1.15. The first-order chi connectivity index (χ1) is 12.4. The summed E-state index contributed by atoms with van der Waals surface area (Å²) in [6, 6.07) is 9.65. The summed E-state index contributed by atoms with van der Waals surface area (Å²) >= 11 is 0. The van der Waals surface area contributed by atoms with Gasteiger partial charge in [-0.15, -0.1) is 0 Å². The molecule has 6 nitrogen and oxygen atoms in total. The van der Waals surface area contributed by atoms with Gasteiger partial charge in [0.2, 0.25) is 0 Å². The molecule has 26 heavy (non-hydrogen) atoms. The number of benzene rings is 1. The maximum atomic E-state index is 10.5. The molecule has 1 unspecified atom stereocenters. The van der Waals surface area contributed by atoms with E-state index in [9.17, 15) is 5.11 Å². The van der Waals surface area contributed by atoms with Crippen LogP contribution >= 0.6 is 0 Å². The molecular weight excluding hydrogens is 330 g/mol. The van der Waals surface area contributed by atoms with E-state index >= 15 is 0 Å². The Bertz CT molecular complexity index is 689. The van der Waals surface area contributed by atoms with Crippen molar-refractivity contribution in [3.63, 3.8) is 0 Å². The predicted octanol–water partition coefficient (Wildman–Crippen LogP) is 2.74. The van der Waals surface area contributed by atoms with Gasteiger partial charge in [-0.3, -0.25) is 0 Å². The average Bonchev–Trinajstić information content (AvgIpc) is 3.11. The largest absolute Gasteiger partial charge is 0.492 e. The summed E-state index contributed by atoms with van der Waals surface area (Å²) in [4.78, 5) is 4.44. The third-order valence-corrected chi connectivity index (χ3v) is 3.80. The van der Waals surface area contributed by atoms with E-state index in [0.29, 0.717) is 24.9 Å². The van der Waals surface area contributed by atoms with Crippen LogP contribution in [0.3, 0.4) is 0 Å². The number of hydrogen-bond acceptors (Lipinski definition) is 4. The van der Waals surface area contributed by atoms with Crippen LogP contribution in [0.2, 0.25) is 0 Å². The Morgan fingerprint density at radius 3 is 2.58 bits per heavy atom. The second-order valence-electron chi connectivity index (χ2n) is 6.54. The summed E-state index contributed by atoms with van der Waals surface area (Å²) in [5.41, 5.74) is 1.22. The summed E-state index contributed by atoms with van der Waals surface area (Å²) in [6.07, 6.45) is 1.54. The van der Waals surface area contributed by atoms with Crippen LogP contribution in [-0.2, 0) is 5.60 Å². The van der Waals surface area contributed by atoms with E-state index in [1.54, 1.807) is 25.3 Å². The highest BCUT2D eigenvalue weighted by atomic mass is 16.5. The van der Waals surface area contributed by atoms with Gasteiger partial charge in [0.1, 0.15) is 23.7 Å². The second kappa shape index (κ2) is 9.29. The maximum absolute atomic E-state index is 10.5. The number of hydrogen-bond donors (Lipinski definition) is 3. The third kappa shape index (κ3) is 6.11. The molecule has 0 saturated heterocycles. The molecule has 142 valence electrons. The lowest BCUT2D eigenvalue weighted by Gasteiger charge is -2.19. The van der Waals surface area contributed by atoms with Crippen molar-refractivity contribution in [3.05, 3.63) is 53.5 Å². The van der Waals surface area contributed by atoms with Crippen LogP contribution in [0.25, 0.3) is 0 Å². The Kier molecular flexibility index (Phi) is 7.09. The first kappa shape index (κ1) is 19.8. The topological polar surface area (TPSA) is 79.0 Å². The highest BCUT2D eigenvalue weighted by Gasteiger charge is 2.26. The molecule has 0 spiro atoms. The van der Waals surface area contributed by atoms with Crippen LogP contribution in [-0.4, -0.2) is 37.3 Å². The zero-order valence-corrected chi connectivity index (χ0v) is 16.0. The predicted molar refractivity (Wildman–Crippen MR) is 104 cm³/mol. The quantitative estimate of drug-likeness (QED) is 0.384. The molecule has 0 amide bonds. The van der Waals surface area contributed by atoms with Crippen LogP contribution in [0.4, 0.5) is 0 Å². The average molecular weight is 359 g/mol. The monoisotopic (exact) mass is 359 g/mol. The van der Waals surface area contributed by atoms with E-state index in [1.165, 1.54) is 11.1 Å². The summed E-state index contributed by atoms with van der Waals surface area (Å²) in [6.45, 7) is 9.82. The molecular formula is C20H29N3O3. The van der Waals surface area contributed by atoms with Crippen molar-refractivity contribution in [3.8, 4) is 5.75 Å². The molecule has 3 N–H and O–H groups in total. The van der Waals surface area contributed by atoms with Crippen molar-refractivity contribution in [2.45, 2.75) is 33.3 Å². The Morgan fingerprint density at radius 2 is 1.96 bits per heavy atom.